The van der Waals surface area contributed by atoms with Gasteiger partial charge >= 0.3 is 0 Å². The van der Waals surface area contributed by atoms with E-state index in [4.69, 9.17) is 4.52 Å². The van der Waals surface area contributed by atoms with Crippen molar-refractivity contribution in [1.82, 2.24) is 9.46 Å². The molecule has 0 spiro atoms. The van der Waals surface area contributed by atoms with Crippen LogP contribution in [0.3, 0.4) is 0 Å². The Morgan fingerprint density at radius 1 is 1.24 bits per heavy atom. The summed E-state index contributed by atoms with van der Waals surface area (Å²) in [6.45, 7) is 8.23. The number of aryl methyl sites for hydroxylation is 2. The standard InChI is InChI=1S/C21H27N3O4S/c1-14-9-11-24(12-10-14)29(26,27)20-13-18(6-5-15(20)2)7-8-19-21(22-17(4)25)16(3)23-28-19/h5-8,13-14H,9-12H2,1-4H3,(H,22,25)/b8-7-. The smallest absolute Gasteiger partial charge is 0.243 e. The number of carbonyl (C=O) groups excluding carboxylic acids is 1. The Kier molecular flexibility index (Phi) is 6.24. The van der Waals surface area contributed by atoms with Crippen LogP contribution < -0.4 is 5.32 Å². The first-order valence-corrected chi connectivity index (χ1v) is 11.1. The van der Waals surface area contributed by atoms with Gasteiger partial charge in [0, 0.05) is 20.0 Å². The molecule has 1 fully saturated rings. The molecular formula is C21H27N3O4S. The number of amides is 1. The second-order valence-electron chi connectivity index (χ2n) is 7.63. The van der Waals surface area contributed by atoms with Crippen molar-refractivity contribution in [2.24, 2.45) is 5.92 Å². The van der Waals surface area contributed by atoms with Gasteiger partial charge in [-0.3, -0.25) is 4.79 Å². The lowest BCUT2D eigenvalue weighted by Crippen LogP contribution is -2.38. The van der Waals surface area contributed by atoms with Crippen LogP contribution in [0, 0.1) is 19.8 Å². The molecule has 1 aliphatic rings. The Balaban J connectivity index is 1.88. The van der Waals surface area contributed by atoms with Crippen LogP contribution in [0.5, 0.6) is 0 Å². The molecule has 0 saturated carbocycles. The van der Waals surface area contributed by atoms with E-state index in [1.54, 1.807) is 35.5 Å². The zero-order valence-corrected chi connectivity index (χ0v) is 18.0. The third-order valence-electron chi connectivity index (χ3n) is 5.19. The van der Waals surface area contributed by atoms with Crippen molar-refractivity contribution in [1.29, 1.82) is 0 Å². The second kappa shape index (κ2) is 8.51. The molecule has 8 heteroatoms. The van der Waals surface area contributed by atoms with Gasteiger partial charge in [-0.2, -0.15) is 4.31 Å². The van der Waals surface area contributed by atoms with Crippen molar-refractivity contribution in [3.05, 3.63) is 40.8 Å². The Bertz CT molecular complexity index is 1030. The Labute approximate surface area is 171 Å². The predicted molar refractivity (Wildman–Crippen MR) is 113 cm³/mol. The lowest BCUT2D eigenvalue weighted by molar-refractivity contribution is -0.114. The molecular weight excluding hydrogens is 390 g/mol. The summed E-state index contributed by atoms with van der Waals surface area (Å²) in [6, 6.07) is 5.34. The van der Waals surface area contributed by atoms with E-state index >= 15 is 0 Å². The van der Waals surface area contributed by atoms with Gasteiger partial charge in [0.25, 0.3) is 0 Å². The molecule has 1 aromatic carbocycles. The normalized spacial score (nSPS) is 16.4. The maximum atomic E-state index is 13.1. The molecule has 0 unspecified atom stereocenters. The molecule has 1 aromatic heterocycles. The van der Waals surface area contributed by atoms with Gasteiger partial charge in [0.15, 0.2) is 5.76 Å². The highest BCUT2D eigenvalue weighted by Gasteiger charge is 2.29. The molecule has 0 radical (unpaired) electrons. The first-order chi connectivity index (χ1) is 13.7. The molecule has 1 saturated heterocycles. The van der Waals surface area contributed by atoms with Crippen molar-refractivity contribution < 1.29 is 17.7 Å². The SMILES string of the molecule is CC(=O)Nc1c(C)noc1/C=C\c1ccc(C)c(S(=O)(=O)N2CCC(C)CC2)c1. The van der Waals surface area contributed by atoms with Crippen LogP contribution >= 0.6 is 0 Å². The highest BCUT2D eigenvalue weighted by molar-refractivity contribution is 7.89. The topological polar surface area (TPSA) is 92.5 Å². The molecule has 0 atom stereocenters. The molecule has 3 rings (SSSR count). The molecule has 0 bridgehead atoms. The lowest BCUT2D eigenvalue weighted by Gasteiger charge is -2.30. The molecule has 2 aromatic rings. The first-order valence-electron chi connectivity index (χ1n) is 9.71. The van der Waals surface area contributed by atoms with Crippen molar-refractivity contribution in [2.75, 3.05) is 18.4 Å². The van der Waals surface area contributed by atoms with Gasteiger partial charge in [-0.15, -0.1) is 0 Å². The van der Waals surface area contributed by atoms with Crippen molar-refractivity contribution in [2.45, 2.75) is 45.4 Å². The van der Waals surface area contributed by atoms with E-state index in [1.165, 1.54) is 6.92 Å². The number of nitrogens with zero attached hydrogens (tertiary/aromatic N) is 2. The van der Waals surface area contributed by atoms with E-state index in [9.17, 15) is 13.2 Å². The minimum atomic E-state index is -3.53. The average molecular weight is 418 g/mol. The van der Waals surface area contributed by atoms with Crippen LogP contribution in [-0.4, -0.2) is 36.9 Å². The third kappa shape index (κ3) is 4.76. The number of anilines is 1. The van der Waals surface area contributed by atoms with Gasteiger partial charge in [0.1, 0.15) is 11.4 Å². The fourth-order valence-corrected chi connectivity index (χ4v) is 5.09. The zero-order chi connectivity index (χ0) is 21.2. The molecule has 1 amide bonds. The van der Waals surface area contributed by atoms with Gasteiger partial charge in [0.2, 0.25) is 15.9 Å². The van der Waals surface area contributed by atoms with Crippen LogP contribution in [0.2, 0.25) is 0 Å². The number of sulfonamides is 1. The zero-order valence-electron chi connectivity index (χ0n) is 17.2. The Morgan fingerprint density at radius 2 is 1.93 bits per heavy atom. The van der Waals surface area contributed by atoms with E-state index in [1.807, 2.05) is 13.0 Å². The number of hydrogen-bond donors (Lipinski definition) is 1. The Morgan fingerprint density at radius 3 is 2.59 bits per heavy atom. The number of aromatic nitrogens is 1. The Hall–Kier alpha value is -2.45. The molecule has 0 aliphatic carbocycles. The van der Waals surface area contributed by atoms with E-state index < -0.39 is 10.0 Å². The fraction of sp³-hybridized carbons (Fsp3) is 0.429. The summed E-state index contributed by atoms with van der Waals surface area (Å²) in [7, 11) is -3.53. The summed E-state index contributed by atoms with van der Waals surface area (Å²) in [6.07, 6.45) is 5.19. The number of benzene rings is 1. The van der Waals surface area contributed by atoms with E-state index in [0.717, 1.165) is 24.0 Å². The van der Waals surface area contributed by atoms with Crippen LogP contribution in [-0.2, 0) is 14.8 Å². The highest BCUT2D eigenvalue weighted by Crippen LogP contribution is 2.27. The largest absolute Gasteiger partial charge is 0.354 e. The monoisotopic (exact) mass is 417 g/mol. The maximum absolute atomic E-state index is 13.1. The summed E-state index contributed by atoms with van der Waals surface area (Å²) in [4.78, 5) is 11.7. The van der Waals surface area contributed by atoms with Crippen LogP contribution in [0.25, 0.3) is 12.2 Å². The van der Waals surface area contributed by atoms with E-state index in [2.05, 4.69) is 17.4 Å². The average Bonchev–Trinajstić information content (AvgIpc) is 3.00. The van der Waals surface area contributed by atoms with Crippen LogP contribution in [0.4, 0.5) is 5.69 Å². The summed E-state index contributed by atoms with van der Waals surface area (Å²) < 4.78 is 33.1. The van der Waals surface area contributed by atoms with Crippen molar-refractivity contribution in [3.8, 4) is 0 Å². The number of carbonyl (C=O) groups is 1. The van der Waals surface area contributed by atoms with Crippen LogP contribution in [0.15, 0.2) is 27.6 Å². The quantitative estimate of drug-likeness (QED) is 0.798. The van der Waals surface area contributed by atoms with E-state index in [-0.39, 0.29) is 5.91 Å². The highest BCUT2D eigenvalue weighted by atomic mass is 32.2. The summed E-state index contributed by atoms with van der Waals surface area (Å²) >= 11 is 0. The number of rotatable bonds is 5. The summed E-state index contributed by atoms with van der Waals surface area (Å²) in [5, 5.41) is 6.58. The molecule has 1 N–H and O–H groups in total. The van der Waals surface area contributed by atoms with Crippen LogP contribution in [0.1, 0.15) is 49.3 Å². The number of nitrogens with one attached hydrogen (secondary N) is 1. The predicted octanol–water partition coefficient (Wildman–Crippen LogP) is 3.84. The minimum absolute atomic E-state index is 0.217. The summed E-state index contributed by atoms with van der Waals surface area (Å²) in [5.41, 5.74) is 2.53. The lowest BCUT2D eigenvalue weighted by atomic mass is 10.0. The van der Waals surface area contributed by atoms with Gasteiger partial charge in [-0.1, -0.05) is 30.3 Å². The van der Waals surface area contributed by atoms with Crippen molar-refractivity contribution in [3.63, 3.8) is 0 Å². The molecule has 156 valence electrons. The number of hydrogen-bond acceptors (Lipinski definition) is 5. The van der Waals surface area contributed by atoms with Gasteiger partial charge in [-0.05, 0) is 55.9 Å². The third-order valence-corrected chi connectivity index (χ3v) is 7.23. The molecule has 1 aliphatic heterocycles. The fourth-order valence-electron chi connectivity index (χ4n) is 3.36. The summed E-state index contributed by atoms with van der Waals surface area (Å²) in [5.74, 6) is 0.748. The van der Waals surface area contributed by atoms with Gasteiger partial charge < -0.3 is 9.84 Å². The first kappa shape index (κ1) is 21.3. The number of piperidine rings is 1. The van der Waals surface area contributed by atoms with Gasteiger partial charge in [0.05, 0.1) is 4.90 Å². The second-order valence-corrected chi connectivity index (χ2v) is 9.54. The van der Waals surface area contributed by atoms with Gasteiger partial charge in [-0.25, -0.2) is 8.42 Å². The molecule has 7 nitrogen and oxygen atoms in total. The van der Waals surface area contributed by atoms with E-state index in [0.29, 0.717) is 41.0 Å². The molecule has 29 heavy (non-hydrogen) atoms. The molecule has 2 heterocycles. The van der Waals surface area contributed by atoms with Crippen molar-refractivity contribution >= 4 is 33.8 Å². The minimum Gasteiger partial charge on any atom is -0.354 e. The maximum Gasteiger partial charge on any atom is 0.243 e.